The van der Waals surface area contributed by atoms with Gasteiger partial charge in [0, 0.05) is 12.5 Å². The molecule has 3 amide bonds. The van der Waals surface area contributed by atoms with Crippen molar-refractivity contribution >= 4 is 17.9 Å². The summed E-state index contributed by atoms with van der Waals surface area (Å²) in [7, 11) is 0. The first-order valence-corrected chi connectivity index (χ1v) is 13.4. The Bertz CT molecular complexity index is 1150. The molecule has 208 valence electrons. The predicted molar refractivity (Wildman–Crippen MR) is 146 cm³/mol. The Hall–Kier alpha value is -4.06. The maximum atomic E-state index is 14.1. The van der Waals surface area contributed by atoms with Gasteiger partial charge in [0.1, 0.15) is 30.0 Å². The number of ether oxygens (including phenoxy) is 1. The SMILES string of the molecule is CC(C)(C)OC(=O)NC(Cc1ccc(O)cc1)C(=O)N(CC#N)C(C(=O)NC1CCCCC1)c1ccccc1. The third-order valence-corrected chi connectivity index (χ3v) is 6.52. The van der Waals surface area contributed by atoms with Gasteiger partial charge in [0.2, 0.25) is 11.8 Å². The average Bonchev–Trinajstić information content (AvgIpc) is 2.89. The zero-order valence-electron chi connectivity index (χ0n) is 22.9. The van der Waals surface area contributed by atoms with Crippen LogP contribution in [0.15, 0.2) is 54.6 Å². The molecule has 0 heterocycles. The van der Waals surface area contributed by atoms with E-state index in [1.165, 1.54) is 17.0 Å². The smallest absolute Gasteiger partial charge is 0.408 e. The summed E-state index contributed by atoms with van der Waals surface area (Å²) in [4.78, 5) is 41.8. The number of phenols is 1. The van der Waals surface area contributed by atoms with Crippen molar-refractivity contribution in [3.8, 4) is 11.8 Å². The lowest BCUT2D eigenvalue weighted by atomic mass is 9.94. The van der Waals surface area contributed by atoms with Crippen LogP contribution in [0.1, 0.15) is 70.0 Å². The van der Waals surface area contributed by atoms with E-state index in [1.807, 2.05) is 12.1 Å². The van der Waals surface area contributed by atoms with Crippen molar-refractivity contribution in [3.63, 3.8) is 0 Å². The molecule has 9 nitrogen and oxygen atoms in total. The van der Waals surface area contributed by atoms with E-state index in [0.29, 0.717) is 11.1 Å². The highest BCUT2D eigenvalue weighted by molar-refractivity contribution is 5.92. The standard InChI is InChI=1S/C30H38N4O5/c1-30(2,3)39-29(38)33-25(20-21-14-16-24(35)17-15-21)28(37)34(19-18-31)26(22-10-6-4-7-11-22)27(36)32-23-12-8-5-9-13-23/h4,6-7,10-11,14-17,23,25-26,35H,5,8-9,12-13,19-20H2,1-3H3,(H,32,36)(H,33,38). The monoisotopic (exact) mass is 534 g/mol. The van der Waals surface area contributed by atoms with Crippen molar-refractivity contribution in [1.29, 1.82) is 5.26 Å². The van der Waals surface area contributed by atoms with Gasteiger partial charge in [-0.1, -0.05) is 61.7 Å². The van der Waals surface area contributed by atoms with Gasteiger partial charge < -0.3 is 25.4 Å². The van der Waals surface area contributed by atoms with E-state index in [4.69, 9.17) is 4.74 Å². The topological polar surface area (TPSA) is 132 Å². The van der Waals surface area contributed by atoms with Crippen LogP contribution in [-0.4, -0.2) is 52.1 Å². The second-order valence-corrected chi connectivity index (χ2v) is 10.9. The molecule has 0 aliphatic heterocycles. The lowest BCUT2D eigenvalue weighted by Gasteiger charge is -2.34. The number of phenolic OH excluding ortho intramolecular Hbond substituents is 1. The second-order valence-electron chi connectivity index (χ2n) is 10.9. The number of alkyl carbamates (subject to hydrolysis) is 1. The third-order valence-electron chi connectivity index (χ3n) is 6.52. The van der Waals surface area contributed by atoms with Gasteiger partial charge in [-0.25, -0.2) is 4.79 Å². The Morgan fingerprint density at radius 1 is 1.05 bits per heavy atom. The van der Waals surface area contributed by atoms with Gasteiger partial charge in [-0.3, -0.25) is 9.59 Å². The molecule has 1 saturated carbocycles. The molecule has 0 saturated heterocycles. The van der Waals surface area contributed by atoms with E-state index in [9.17, 15) is 24.8 Å². The molecular formula is C30H38N4O5. The van der Waals surface area contributed by atoms with Gasteiger partial charge in [-0.05, 0) is 56.9 Å². The lowest BCUT2D eigenvalue weighted by Crippen LogP contribution is -2.54. The molecule has 2 atom stereocenters. The van der Waals surface area contributed by atoms with Crippen LogP contribution in [0.4, 0.5) is 4.79 Å². The number of rotatable bonds is 9. The number of nitrogens with zero attached hydrogens (tertiary/aromatic N) is 2. The van der Waals surface area contributed by atoms with Crippen molar-refractivity contribution in [2.45, 2.75) is 83.0 Å². The van der Waals surface area contributed by atoms with Crippen LogP contribution in [0.25, 0.3) is 0 Å². The molecule has 2 aromatic carbocycles. The Kier molecular flexibility index (Phi) is 10.3. The summed E-state index contributed by atoms with van der Waals surface area (Å²) in [5.74, 6) is -0.892. The average molecular weight is 535 g/mol. The fraction of sp³-hybridized carbons (Fsp3) is 0.467. The summed E-state index contributed by atoms with van der Waals surface area (Å²) in [6.45, 7) is 4.78. The highest BCUT2D eigenvalue weighted by Gasteiger charge is 2.37. The van der Waals surface area contributed by atoms with E-state index in [0.717, 1.165) is 32.1 Å². The largest absolute Gasteiger partial charge is 0.508 e. The van der Waals surface area contributed by atoms with Crippen molar-refractivity contribution in [2.75, 3.05) is 6.54 Å². The van der Waals surface area contributed by atoms with E-state index < -0.39 is 29.7 Å². The molecule has 1 aliphatic rings. The summed E-state index contributed by atoms with van der Waals surface area (Å²) < 4.78 is 5.40. The van der Waals surface area contributed by atoms with Crippen LogP contribution in [0.5, 0.6) is 5.75 Å². The number of carbonyl (C=O) groups is 3. The molecule has 2 aromatic rings. The molecule has 0 radical (unpaired) electrons. The quantitative estimate of drug-likeness (QED) is 0.410. The molecule has 9 heteroatoms. The van der Waals surface area contributed by atoms with Crippen LogP contribution in [0.3, 0.4) is 0 Å². The summed E-state index contributed by atoms with van der Waals surface area (Å²) in [6.07, 6.45) is 4.17. The van der Waals surface area contributed by atoms with E-state index in [1.54, 1.807) is 57.2 Å². The van der Waals surface area contributed by atoms with Gasteiger partial charge >= 0.3 is 6.09 Å². The fourth-order valence-corrected chi connectivity index (χ4v) is 4.73. The first-order valence-electron chi connectivity index (χ1n) is 13.4. The van der Waals surface area contributed by atoms with Crippen LogP contribution >= 0.6 is 0 Å². The van der Waals surface area contributed by atoms with Crippen LogP contribution < -0.4 is 10.6 Å². The normalized spacial score (nSPS) is 15.3. The Balaban J connectivity index is 1.96. The Morgan fingerprint density at radius 2 is 1.69 bits per heavy atom. The first kappa shape index (κ1) is 29.5. The minimum absolute atomic E-state index is 0.00387. The van der Waals surface area contributed by atoms with E-state index in [-0.39, 0.29) is 30.7 Å². The zero-order valence-corrected chi connectivity index (χ0v) is 22.9. The number of hydrogen-bond donors (Lipinski definition) is 3. The molecule has 0 spiro atoms. The zero-order chi connectivity index (χ0) is 28.4. The Labute approximate surface area is 230 Å². The maximum absolute atomic E-state index is 14.1. The van der Waals surface area contributed by atoms with Gasteiger partial charge in [-0.2, -0.15) is 5.26 Å². The van der Waals surface area contributed by atoms with Crippen LogP contribution in [0, 0.1) is 11.3 Å². The molecule has 0 aromatic heterocycles. The molecule has 39 heavy (non-hydrogen) atoms. The molecule has 1 aliphatic carbocycles. The van der Waals surface area contributed by atoms with Crippen molar-refractivity contribution < 1.29 is 24.2 Å². The fourth-order valence-electron chi connectivity index (χ4n) is 4.73. The molecule has 2 unspecified atom stereocenters. The summed E-state index contributed by atoms with van der Waals surface area (Å²) in [5.41, 5.74) is 0.437. The summed E-state index contributed by atoms with van der Waals surface area (Å²) in [6, 6.07) is 15.0. The number of nitrogens with one attached hydrogen (secondary N) is 2. The number of carbonyl (C=O) groups excluding carboxylic acids is 3. The molecule has 0 bridgehead atoms. The highest BCUT2D eigenvalue weighted by Crippen LogP contribution is 2.25. The number of aromatic hydroxyl groups is 1. The highest BCUT2D eigenvalue weighted by atomic mass is 16.6. The Morgan fingerprint density at radius 3 is 2.28 bits per heavy atom. The van der Waals surface area contributed by atoms with Gasteiger partial charge in [0.05, 0.1) is 6.07 Å². The van der Waals surface area contributed by atoms with Crippen molar-refractivity contribution in [2.24, 2.45) is 0 Å². The number of benzene rings is 2. The number of hydrogen-bond acceptors (Lipinski definition) is 6. The van der Waals surface area contributed by atoms with Crippen LogP contribution in [-0.2, 0) is 20.7 Å². The second kappa shape index (κ2) is 13.7. The van der Waals surface area contributed by atoms with Crippen molar-refractivity contribution in [3.05, 3.63) is 65.7 Å². The van der Waals surface area contributed by atoms with E-state index >= 15 is 0 Å². The number of amides is 3. The van der Waals surface area contributed by atoms with Gasteiger partial charge in [0.15, 0.2) is 0 Å². The van der Waals surface area contributed by atoms with E-state index in [2.05, 4.69) is 10.6 Å². The number of nitriles is 1. The first-order chi connectivity index (χ1) is 18.6. The molecule has 1 fully saturated rings. The predicted octanol–water partition coefficient (Wildman–Crippen LogP) is 4.37. The summed E-state index contributed by atoms with van der Waals surface area (Å²) >= 11 is 0. The van der Waals surface area contributed by atoms with Gasteiger partial charge in [-0.15, -0.1) is 0 Å². The lowest BCUT2D eigenvalue weighted by molar-refractivity contribution is -0.142. The van der Waals surface area contributed by atoms with Gasteiger partial charge in [0.25, 0.3) is 0 Å². The molecule has 3 rings (SSSR count). The molecule has 3 N–H and O–H groups in total. The molecular weight excluding hydrogens is 496 g/mol. The maximum Gasteiger partial charge on any atom is 0.408 e. The van der Waals surface area contributed by atoms with Crippen molar-refractivity contribution in [1.82, 2.24) is 15.5 Å². The minimum Gasteiger partial charge on any atom is -0.508 e. The minimum atomic E-state index is -1.13. The summed E-state index contributed by atoms with van der Waals surface area (Å²) in [5, 5.41) is 25.1. The van der Waals surface area contributed by atoms with Crippen LogP contribution in [0.2, 0.25) is 0 Å². The third kappa shape index (κ3) is 9.02.